The van der Waals surface area contributed by atoms with E-state index in [0.717, 1.165) is 50.7 Å². The lowest BCUT2D eigenvalue weighted by Crippen LogP contribution is -2.02. The van der Waals surface area contributed by atoms with E-state index in [2.05, 4.69) is 19.1 Å². The first-order valence-corrected chi connectivity index (χ1v) is 9.71. The van der Waals surface area contributed by atoms with Gasteiger partial charge in [0.25, 0.3) is 0 Å². The second kappa shape index (κ2) is 13.2. The predicted molar refractivity (Wildman–Crippen MR) is 102 cm³/mol. The normalized spacial score (nSPS) is 10.7. The van der Waals surface area contributed by atoms with Crippen molar-refractivity contribution < 1.29 is 24.5 Å². The first-order chi connectivity index (χ1) is 12.5. The average molecular weight is 364 g/mol. The lowest BCUT2D eigenvalue weighted by Gasteiger charge is -2.13. The number of ether oxygens (including phenoxy) is 1. The van der Waals surface area contributed by atoms with Gasteiger partial charge in [-0.2, -0.15) is 0 Å². The highest BCUT2D eigenvalue weighted by Gasteiger charge is 2.07. The maximum absolute atomic E-state index is 10.7. The summed E-state index contributed by atoms with van der Waals surface area (Å²) in [6.45, 7) is 2.87. The lowest BCUT2D eigenvalue weighted by molar-refractivity contribution is -0.138. The number of rotatable bonds is 15. The molecule has 0 spiro atoms. The maximum atomic E-state index is 10.7. The number of carbonyl (C=O) groups is 2. The predicted octanol–water partition coefficient (Wildman–Crippen LogP) is 4.85. The first kappa shape index (κ1) is 22.0. The molecule has 0 aromatic heterocycles. The third kappa shape index (κ3) is 10.1. The fourth-order valence-corrected chi connectivity index (χ4v) is 2.89. The van der Waals surface area contributed by atoms with Crippen molar-refractivity contribution in [3.63, 3.8) is 0 Å². The Hall–Kier alpha value is -2.04. The highest BCUT2D eigenvalue weighted by atomic mass is 16.5. The molecule has 0 radical (unpaired) electrons. The Morgan fingerprint density at radius 3 is 2.04 bits per heavy atom. The molecule has 146 valence electrons. The van der Waals surface area contributed by atoms with Gasteiger partial charge in [-0.3, -0.25) is 9.59 Å². The van der Waals surface area contributed by atoms with Crippen molar-refractivity contribution in [3.8, 4) is 5.75 Å². The Balaban J connectivity index is 2.62. The molecule has 0 saturated heterocycles. The highest BCUT2D eigenvalue weighted by Crippen LogP contribution is 2.22. The minimum atomic E-state index is -0.757. The molecule has 0 aliphatic heterocycles. The Labute approximate surface area is 156 Å². The number of aryl methyl sites for hydroxylation is 2. The summed E-state index contributed by atoms with van der Waals surface area (Å²) in [4.78, 5) is 21.3. The minimum absolute atomic E-state index is 0.196. The summed E-state index contributed by atoms with van der Waals surface area (Å²) in [7, 11) is 0. The van der Waals surface area contributed by atoms with Gasteiger partial charge in [-0.05, 0) is 68.2 Å². The zero-order valence-electron chi connectivity index (χ0n) is 15.8. The van der Waals surface area contributed by atoms with Gasteiger partial charge in [0.15, 0.2) is 0 Å². The molecule has 5 nitrogen and oxygen atoms in total. The average Bonchev–Trinajstić information content (AvgIpc) is 2.60. The Bertz CT molecular complexity index is 553. The van der Waals surface area contributed by atoms with Crippen molar-refractivity contribution in [1.29, 1.82) is 0 Å². The van der Waals surface area contributed by atoms with Gasteiger partial charge in [-0.1, -0.05) is 25.8 Å². The van der Waals surface area contributed by atoms with Crippen LogP contribution in [-0.2, 0) is 22.4 Å². The molecule has 0 unspecified atom stereocenters. The topological polar surface area (TPSA) is 83.8 Å². The highest BCUT2D eigenvalue weighted by molar-refractivity contribution is 5.66. The summed E-state index contributed by atoms with van der Waals surface area (Å²) in [5.41, 5.74) is 2.41. The Kier molecular flexibility index (Phi) is 11.2. The van der Waals surface area contributed by atoms with E-state index in [-0.39, 0.29) is 12.8 Å². The van der Waals surface area contributed by atoms with E-state index in [1.165, 1.54) is 11.1 Å². The van der Waals surface area contributed by atoms with Crippen molar-refractivity contribution in [2.45, 2.75) is 77.6 Å². The number of hydrogen-bond donors (Lipinski definition) is 2. The zero-order valence-corrected chi connectivity index (χ0v) is 15.8. The van der Waals surface area contributed by atoms with Crippen LogP contribution in [0.5, 0.6) is 5.75 Å². The molecule has 2 N–H and O–H groups in total. The summed E-state index contributed by atoms with van der Waals surface area (Å²) in [5, 5.41) is 17.5. The molecule has 0 aliphatic carbocycles. The van der Waals surface area contributed by atoms with Crippen LogP contribution in [0.25, 0.3) is 0 Å². The monoisotopic (exact) mass is 364 g/mol. The Morgan fingerprint density at radius 2 is 1.46 bits per heavy atom. The van der Waals surface area contributed by atoms with Crippen LogP contribution in [0.15, 0.2) is 18.2 Å². The van der Waals surface area contributed by atoms with Crippen LogP contribution < -0.4 is 4.74 Å². The Morgan fingerprint density at radius 1 is 0.846 bits per heavy atom. The number of carboxylic acid groups (broad SMARTS) is 2. The van der Waals surface area contributed by atoms with Crippen molar-refractivity contribution in [3.05, 3.63) is 29.3 Å². The van der Waals surface area contributed by atoms with Crippen LogP contribution in [-0.4, -0.2) is 28.8 Å². The molecule has 0 aliphatic rings. The minimum Gasteiger partial charge on any atom is -0.494 e. The van der Waals surface area contributed by atoms with E-state index in [4.69, 9.17) is 14.9 Å². The van der Waals surface area contributed by atoms with E-state index in [1.807, 2.05) is 6.07 Å². The molecule has 0 heterocycles. The lowest BCUT2D eigenvalue weighted by atomic mass is 9.96. The first-order valence-electron chi connectivity index (χ1n) is 9.71. The molecule has 0 atom stereocenters. The molecule has 1 rings (SSSR count). The van der Waals surface area contributed by atoms with Crippen LogP contribution in [0.2, 0.25) is 0 Å². The van der Waals surface area contributed by atoms with Crippen molar-refractivity contribution in [1.82, 2.24) is 0 Å². The van der Waals surface area contributed by atoms with Gasteiger partial charge < -0.3 is 14.9 Å². The van der Waals surface area contributed by atoms with Gasteiger partial charge in [-0.15, -0.1) is 0 Å². The van der Waals surface area contributed by atoms with E-state index >= 15 is 0 Å². The number of carboxylic acids is 2. The van der Waals surface area contributed by atoms with Crippen LogP contribution in [0.1, 0.15) is 75.8 Å². The third-order valence-electron chi connectivity index (χ3n) is 4.37. The third-order valence-corrected chi connectivity index (χ3v) is 4.37. The fourth-order valence-electron chi connectivity index (χ4n) is 2.89. The number of hydrogen-bond acceptors (Lipinski definition) is 3. The molecule has 0 amide bonds. The molecule has 1 aromatic carbocycles. The summed E-state index contributed by atoms with van der Waals surface area (Å²) < 4.78 is 5.83. The zero-order chi connectivity index (χ0) is 19.2. The molecular weight excluding hydrogens is 332 g/mol. The SMILES string of the molecule is CCCCCOc1ccc(CCCCC(=O)O)c(CCCCC(=O)O)c1. The molecule has 0 bridgehead atoms. The van der Waals surface area contributed by atoms with Gasteiger partial charge in [0, 0.05) is 12.8 Å². The van der Waals surface area contributed by atoms with Gasteiger partial charge in [0.2, 0.25) is 0 Å². The van der Waals surface area contributed by atoms with Gasteiger partial charge in [0.05, 0.1) is 6.61 Å². The number of aliphatic carboxylic acids is 2. The molecule has 26 heavy (non-hydrogen) atoms. The quantitative estimate of drug-likeness (QED) is 0.435. The van der Waals surface area contributed by atoms with Gasteiger partial charge in [-0.25, -0.2) is 0 Å². The summed E-state index contributed by atoms with van der Waals surface area (Å²) in [6.07, 6.45) is 8.43. The van der Waals surface area contributed by atoms with E-state index in [1.54, 1.807) is 0 Å². The van der Waals surface area contributed by atoms with Gasteiger partial charge in [0.1, 0.15) is 5.75 Å². The van der Waals surface area contributed by atoms with Gasteiger partial charge >= 0.3 is 11.9 Å². The summed E-state index contributed by atoms with van der Waals surface area (Å²) in [6, 6.07) is 6.13. The summed E-state index contributed by atoms with van der Waals surface area (Å²) >= 11 is 0. The second-order valence-electron chi connectivity index (χ2n) is 6.69. The second-order valence-corrected chi connectivity index (χ2v) is 6.69. The van der Waals surface area contributed by atoms with Crippen LogP contribution in [0.3, 0.4) is 0 Å². The molecule has 0 saturated carbocycles. The number of benzene rings is 1. The molecule has 0 fully saturated rings. The smallest absolute Gasteiger partial charge is 0.303 e. The molecule has 1 aromatic rings. The largest absolute Gasteiger partial charge is 0.494 e. The van der Waals surface area contributed by atoms with E-state index in [0.29, 0.717) is 19.4 Å². The van der Waals surface area contributed by atoms with Crippen molar-refractivity contribution in [2.75, 3.05) is 6.61 Å². The van der Waals surface area contributed by atoms with E-state index < -0.39 is 11.9 Å². The molecular formula is C21H32O5. The molecule has 5 heteroatoms. The number of unbranched alkanes of at least 4 members (excludes halogenated alkanes) is 4. The van der Waals surface area contributed by atoms with Crippen LogP contribution in [0.4, 0.5) is 0 Å². The van der Waals surface area contributed by atoms with Crippen LogP contribution in [0, 0.1) is 0 Å². The standard InChI is InChI=1S/C21H32O5/c1-2-3-8-15-26-19-14-13-17(9-4-6-11-20(22)23)18(16-19)10-5-7-12-21(24)25/h13-14,16H,2-12,15H2,1H3,(H,22,23)(H,24,25). The van der Waals surface area contributed by atoms with Crippen molar-refractivity contribution in [2.24, 2.45) is 0 Å². The summed E-state index contributed by atoms with van der Waals surface area (Å²) in [5.74, 6) is -0.648. The van der Waals surface area contributed by atoms with Crippen LogP contribution >= 0.6 is 0 Å². The van der Waals surface area contributed by atoms with Crippen molar-refractivity contribution >= 4 is 11.9 Å². The maximum Gasteiger partial charge on any atom is 0.303 e. The van der Waals surface area contributed by atoms with E-state index in [9.17, 15) is 9.59 Å². The fraction of sp³-hybridized carbons (Fsp3) is 0.619.